The predicted octanol–water partition coefficient (Wildman–Crippen LogP) is 4.66. The van der Waals surface area contributed by atoms with E-state index in [1.54, 1.807) is 0 Å². The fourth-order valence-electron chi connectivity index (χ4n) is 3.75. The van der Waals surface area contributed by atoms with Crippen molar-refractivity contribution in [1.82, 2.24) is 10.3 Å². The van der Waals surface area contributed by atoms with Gasteiger partial charge in [-0.25, -0.2) is 4.98 Å². The lowest BCUT2D eigenvalue weighted by atomic mass is 9.73. The van der Waals surface area contributed by atoms with Crippen LogP contribution in [-0.2, 0) is 12.0 Å². The highest BCUT2D eigenvalue weighted by Gasteiger charge is 2.39. The number of aryl methyl sites for hydroxylation is 2. The zero-order chi connectivity index (χ0) is 14.8. The molecule has 1 heterocycles. The van der Waals surface area contributed by atoms with Crippen LogP contribution in [0.15, 0.2) is 0 Å². The average Bonchev–Trinajstić information content (AvgIpc) is 2.80. The molecule has 1 aromatic heterocycles. The topological polar surface area (TPSA) is 24.9 Å². The van der Waals surface area contributed by atoms with Crippen LogP contribution in [0, 0.1) is 18.8 Å². The third-order valence-electron chi connectivity index (χ3n) is 4.77. The zero-order valence-electron chi connectivity index (χ0n) is 13.8. The van der Waals surface area contributed by atoms with Gasteiger partial charge in [0.05, 0.1) is 11.2 Å². The molecule has 0 aromatic carbocycles. The summed E-state index contributed by atoms with van der Waals surface area (Å²) in [4.78, 5) is 6.37. The Morgan fingerprint density at radius 1 is 1.45 bits per heavy atom. The van der Waals surface area contributed by atoms with E-state index in [0.29, 0.717) is 0 Å². The number of hydrogen-bond acceptors (Lipinski definition) is 3. The van der Waals surface area contributed by atoms with E-state index in [-0.39, 0.29) is 5.54 Å². The van der Waals surface area contributed by atoms with E-state index in [9.17, 15) is 0 Å². The minimum atomic E-state index is 0.140. The Balaban J connectivity index is 2.23. The molecule has 0 amide bonds. The molecule has 1 fully saturated rings. The van der Waals surface area contributed by atoms with Gasteiger partial charge >= 0.3 is 0 Å². The molecule has 3 heteroatoms. The fourth-order valence-corrected chi connectivity index (χ4v) is 4.98. The maximum atomic E-state index is 4.96. The maximum Gasteiger partial charge on any atom is 0.113 e. The van der Waals surface area contributed by atoms with Crippen LogP contribution >= 0.6 is 11.3 Å². The Hall–Kier alpha value is -0.410. The average molecular weight is 295 g/mol. The summed E-state index contributed by atoms with van der Waals surface area (Å²) in [6.45, 7) is 9.12. The van der Waals surface area contributed by atoms with Gasteiger partial charge in [-0.05, 0) is 51.5 Å². The smallest absolute Gasteiger partial charge is 0.113 e. The second-order valence-electron chi connectivity index (χ2n) is 6.80. The van der Waals surface area contributed by atoms with E-state index < -0.39 is 0 Å². The van der Waals surface area contributed by atoms with Crippen molar-refractivity contribution in [2.75, 3.05) is 7.05 Å². The van der Waals surface area contributed by atoms with Gasteiger partial charge in [0.2, 0.25) is 0 Å². The molecular formula is C17H30N2S. The monoisotopic (exact) mass is 294 g/mol. The lowest BCUT2D eigenvalue weighted by Gasteiger charge is -2.40. The molecule has 2 nitrogen and oxygen atoms in total. The first-order chi connectivity index (χ1) is 9.50. The van der Waals surface area contributed by atoms with Crippen LogP contribution in [0.1, 0.15) is 68.5 Å². The number of hydrogen-bond donors (Lipinski definition) is 1. The van der Waals surface area contributed by atoms with Crippen molar-refractivity contribution >= 4 is 11.3 Å². The lowest BCUT2D eigenvalue weighted by Crippen LogP contribution is -2.44. The van der Waals surface area contributed by atoms with E-state index in [0.717, 1.165) is 18.3 Å². The maximum absolute atomic E-state index is 4.96. The van der Waals surface area contributed by atoms with Crippen molar-refractivity contribution < 1.29 is 0 Å². The van der Waals surface area contributed by atoms with E-state index in [4.69, 9.17) is 4.98 Å². The summed E-state index contributed by atoms with van der Waals surface area (Å²) in [5, 5.41) is 4.99. The summed E-state index contributed by atoms with van der Waals surface area (Å²) in [7, 11) is 2.13. The molecule has 2 atom stereocenters. The van der Waals surface area contributed by atoms with Gasteiger partial charge < -0.3 is 5.32 Å². The number of nitrogens with zero attached hydrogens (tertiary/aromatic N) is 1. The normalized spacial score (nSPS) is 27.2. The van der Waals surface area contributed by atoms with E-state index in [1.807, 2.05) is 11.3 Å². The molecule has 2 rings (SSSR count). The van der Waals surface area contributed by atoms with Crippen molar-refractivity contribution in [3.05, 3.63) is 15.6 Å². The molecule has 0 aliphatic heterocycles. The van der Waals surface area contributed by atoms with Gasteiger partial charge in [0.25, 0.3) is 0 Å². The Morgan fingerprint density at radius 2 is 2.20 bits per heavy atom. The molecule has 0 bridgehead atoms. The molecule has 0 spiro atoms. The second kappa shape index (κ2) is 6.57. The van der Waals surface area contributed by atoms with Gasteiger partial charge in [0.15, 0.2) is 0 Å². The molecule has 1 saturated carbocycles. The van der Waals surface area contributed by atoms with E-state index in [1.165, 1.54) is 47.7 Å². The van der Waals surface area contributed by atoms with Crippen LogP contribution in [0.4, 0.5) is 0 Å². The van der Waals surface area contributed by atoms with Crippen LogP contribution in [0.5, 0.6) is 0 Å². The first-order valence-corrected chi connectivity index (χ1v) is 8.98. The van der Waals surface area contributed by atoms with Crippen LogP contribution in [-0.4, -0.2) is 12.0 Å². The summed E-state index contributed by atoms with van der Waals surface area (Å²) in [6.07, 6.45) is 7.64. The van der Waals surface area contributed by atoms with Gasteiger partial charge in [-0.15, -0.1) is 11.3 Å². The largest absolute Gasteiger partial charge is 0.308 e. The molecule has 114 valence electrons. The summed E-state index contributed by atoms with van der Waals surface area (Å²) >= 11 is 1.92. The predicted molar refractivity (Wildman–Crippen MR) is 88.4 cm³/mol. The van der Waals surface area contributed by atoms with E-state index >= 15 is 0 Å². The zero-order valence-corrected chi connectivity index (χ0v) is 14.6. The number of nitrogens with one attached hydrogen (secondary N) is 1. The molecule has 1 aliphatic rings. The van der Waals surface area contributed by atoms with Crippen LogP contribution in [0.3, 0.4) is 0 Å². The number of thiazole rings is 1. The SMILES string of the molecule is CCc1nc(C2(NC)CCCC(CC(C)C)C2)sc1C. The lowest BCUT2D eigenvalue weighted by molar-refractivity contribution is 0.171. The summed E-state index contributed by atoms with van der Waals surface area (Å²) in [6, 6.07) is 0. The van der Waals surface area contributed by atoms with Gasteiger partial charge in [-0.1, -0.05) is 33.6 Å². The highest BCUT2D eigenvalue weighted by molar-refractivity contribution is 7.11. The van der Waals surface area contributed by atoms with Gasteiger partial charge in [-0.3, -0.25) is 0 Å². The third kappa shape index (κ3) is 3.25. The molecule has 20 heavy (non-hydrogen) atoms. The van der Waals surface area contributed by atoms with Crippen LogP contribution < -0.4 is 5.32 Å². The Bertz CT molecular complexity index is 438. The van der Waals surface area contributed by atoms with Crippen molar-refractivity contribution in [1.29, 1.82) is 0 Å². The van der Waals surface area contributed by atoms with Crippen molar-refractivity contribution in [3.63, 3.8) is 0 Å². The Kier molecular flexibility index (Phi) is 5.25. The highest BCUT2D eigenvalue weighted by Crippen LogP contribution is 2.43. The van der Waals surface area contributed by atoms with Crippen molar-refractivity contribution in [2.24, 2.45) is 11.8 Å². The van der Waals surface area contributed by atoms with Gasteiger partial charge in [0, 0.05) is 4.88 Å². The molecule has 1 aliphatic carbocycles. The van der Waals surface area contributed by atoms with Gasteiger partial charge in [0.1, 0.15) is 5.01 Å². The molecule has 1 aromatic rings. The quantitative estimate of drug-likeness (QED) is 0.854. The Morgan fingerprint density at radius 3 is 2.75 bits per heavy atom. The molecule has 2 unspecified atom stereocenters. The summed E-state index contributed by atoms with van der Waals surface area (Å²) < 4.78 is 0. The van der Waals surface area contributed by atoms with E-state index in [2.05, 4.69) is 40.1 Å². The molecule has 0 saturated heterocycles. The molecule has 0 radical (unpaired) electrons. The van der Waals surface area contributed by atoms with Crippen LogP contribution in [0.25, 0.3) is 0 Å². The standard InChI is InChI=1S/C17H30N2S/c1-6-15-13(4)20-16(19-15)17(18-5)9-7-8-14(11-17)10-12(2)3/h12,14,18H,6-11H2,1-5H3. The Labute approximate surface area is 128 Å². The summed E-state index contributed by atoms with van der Waals surface area (Å²) in [5.74, 6) is 1.65. The third-order valence-corrected chi connectivity index (χ3v) is 5.99. The second-order valence-corrected chi connectivity index (χ2v) is 8.00. The van der Waals surface area contributed by atoms with Crippen molar-refractivity contribution in [2.45, 2.75) is 71.8 Å². The highest BCUT2D eigenvalue weighted by atomic mass is 32.1. The number of aromatic nitrogens is 1. The van der Waals surface area contributed by atoms with Crippen molar-refractivity contribution in [3.8, 4) is 0 Å². The first-order valence-electron chi connectivity index (χ1n) is 8.16. The molecular weight excluding hydrogens is 264 g/mol. The minimum absolute atomic E-state index is 0.140. The molecule has 1 N–H and O–H groups in total. The fraction of sp³-hybridized carbons (Fsp3) is 0.824. The number of rotatable bonds is 5. The summed E-state index contributed by atoms with van der Waals surface area (Å²) in [5.41, 5.74) is 1.44. The van der Waals surface area contributed by atoms with Gasteiger partial charge in [-0.2, -0.15) is 0 Å². The van der Waals surface area contributed by atoms with Crippen LogP contribution in [0.2, 0.25) is 0 Å². The first kappa shape index (κ1) is 16.0. The minimum Gasteiger partial charge on any atom is -0.308 e.